The lowest BCUT2D eigenvalue weighted by atomic mass is 10.1. The van der Waals surface area contributed by atoms with Gasteiger partial charge in [0.2, 0.25) is 5.95 Å². The number of anilines is 3. The van der Waals surface area contributed by atoms with Crippen LogP contribution in [0.4, 0.5) is 30.6 Å². The highest BCUT2D eigenvalue weighted by molar-refractivity contribution is 5.67. The van der Waals surface area contributed by atoms with Crippen LogP contribution >= 0.6 is 0 Å². The maximum atomic E-state index is 12.5. The number of aliphatic hydroxyl groups is 1. The molecule has 7 nitrogen and oxygen atoms in total. The van der Waals surface area contributed by atoms with Crippen LogP contribution in [0.1, 0.15) is 19.4 Å². The van der Waals surface area contributed by atoms with Crippen LogP contribution in [0.15, 0.2) is 48.7 Å². The number of aliphatic hydroxyl groups excluding tert-OH is 1. The zero-order chi connectivity index (χ0) is 23.3. The van der Waals surface area contributed by atoms with Crippen molar-refractivity contribution < 1.29 is 23.0 Å². The Morgan fingerprint density at radius 3 is 2.44 bits per heavy atom. The molecule has 3 aromatic rings. The highest BCUT2D eigenvalue weighted by Crippen LogP contribution is 2.29. The summed E-state index contributed by atoms with van der Waals surface area (Å²) in [6.45, 7) is 5.48. The molecule has 0 aliphatic carbocycles. The fraction of sp³-hybridized carbons (Fsp3) is 0.318. The van der Waals surface area contributed by atoms with E-state index in [4.69, 9.17) is 0 Å². The molecule has 2 heterocycles. The molecule has 0 spiro atoms. The summed E-state index contributed by atoms with van der Waals surface area (Å²) >= 11 is 0. The molecule has 0 fully saturated rings. The minimum absolute atomic E-state index is 0.0998. The monoisotopic (exact) mass is 447 g/mol. The number of aromatic nitrogens is 3. The summed E-state index contributed by atoms with van der Waals surface area (Å²) < 4.78 is 41.4. The summed E-state index contributed by atoms with van der Waals surface area (Å²) in [5.41, 5.74) is 2.26. The summed E-state index contributed by atoms with van der Waals surface area (Å²) in [4.78, 5) is 13.3. The number of halogens is 3. The normalized spacial score (nSPS) is 12.5. The molecule has 2 aromatic heterocycles. The van der Waals surface area contributed by atoms with E-state index in [1.165, 1.54) is 18.2 Å². The van der Waals surface area contributed by atoms with Gasteiger partial charge in [-0.05, 0) is 48.7 Å². The molecule has 0 saturated carbocycles. The van der Waals surface area contributed by atoms with E-state index in [-0.39, 0.29) is 30.3 Å². The number of ether oxygens (including phenoxy) is 1. The zero-order valence-electron chi connectivity index (χ0n) is 17.8. The fourth-order valence-corrected chi connectivity index (χ4v) is 2.92. The van der Waals surface area contributed by atoms with Crippen molar-refractivity contribution in [1.82, 2.24) is 15.0 Å². The zero-order valence-corrected chi connectivity index (χ0v) is 17.8. The number of nitrogens with zero attached hydrogens (tertiary/aromatic N) is 3. The fourth-order valence-electron chi connectivity index (χ4n) is 2.92. The van der Waals surface area contributed by atoms with Crippen LogP contribution in [-0.2, 0) is 0 Å². The lowest BCUT2D eigenvalue weighted by Crippen LogP contribution is -2.30. The number of hydrogen-bond acceptors (Lipinski definition) is 7. The van der Waals surface area contributed by atoms with Crippen molar-refractivity contribution in [2.75, 3.05) is 17.2 Å². The average Bonchev–Trinajstić information content (AvgIpc) is 2.73. The molecule has 0 saturated heterocycles. The second-order valence-corrected chi connectivity index (χ2v) is 7.50. The van der Waals surface area contributed by atoms with Gasteiger partial charge in [0.1, 0.15) is 11.6 Å². The van der Waals surface area contributed by atoms with Crippen LogP contribution in [0.5, 0.6) is 5.75 Å². The van der Waals surface area contributed by atoms with Gasteiger partial charge in [-0.25, -0.2) is 4.98 Å². The van der Waals surface area contributed by atoms with E-state index in [0.717, 1.165) is 0 Å². The molecular formula is C22H24F3N5O2. The van der Waals surface area contributed by atoms with Crippen molar-refractivity contribution in [2.24, 2.45) is 5.92 Å². The van der Waals surface area contributed by atoms with Gasteiger partial charge in [-0.2, -0.15) is 4.98 Å². The third kappa shape index (κ3) is 6.30. The second kappa shape index (κ2) is 9.82. The Morgan fingerprint density at radius 1 is 1.06 bits per heavy atom. The van der Waals surface area contributed by atoms with Crippen molar-refractivity contribution in [2.45, 2.75) is 33.2 Å². The predicted octanol–water partition coefficient (Wildman–Crippen LogP) is 4.92. The average molecular weight is 447 g/mol. The topological polar surface area (TPSA) is 92.2 Å². The van der Waals surface area contributed by atoms with Gasteiger partial charge in [0.05, 0.1) is 24.0 Å². The standard InChI is InChI=1S/C22H24F3N5O2/c1-13(2)19(12-31)29-21-28-18(17-6-4-5-9-26-17)11-20(30-21)27-16-8-7-15(10-14(16)3)32-22(23,24)25/h4-11,13,19,31H,12H2,1-3H3,(H2,27,28,29,30)/t19-/m1/s1. The van der Waals surface area contributed by atoms with E-state index >= 15 is 0 Å². The van der Waals surface area contributed by atoms with Crippen LogP contribution in [0.2, 0.25) is 0 Å². The van der Waals surface area contributed by atoms with Gasteiger partial charge < -0.3 is 20.5 Å². The smallest absolute Gasteiger partial charge is 0.406 e. The maximum absolute atomic E-state index is 12.5. The molecule has 3 N–H and O–H groups in total. The van der Waals surface area contributed by atoms with Crippen LogP contribution in [0, 0.1) is 12.8 Å². The van der Waals surface area contributed by atoms with E-state index in [0.29, 0.717) is 28.5 Å². The van der Waals surface area contributed by atoms with Crippen molar-refractivity contribution >= 4 is 17.5 Å². The number of aryl methyl sites for hydroxylation is 1. The van der Waals surface area contributed by atoms with Gasteiger partial charge in [0, 0.05) is 18.0 Å². The molecular weight excluding hydrogens is 423 g/mol. The maximum Gasteiger partial charge on any atom is 0.573 e. The van der Waals surface area contributed by atoms with Crippen molar-refractivity contribution in [3.8, 4) is 17.1 Å². The Balaban J connectivity index is 1.94. The van der Waals surface area contributed by atoms with Crippen LogP contribution in [0.3, 0.4) is 0 Å². The van der Waals surface area contributed by atoms with Crippen LogP contribution in [-0.4, -0.2) is 39.1 Å². The van der Waals surface area contributed by atoms with E-state index in [1.54, 1.807) is 31.3 Å². The van der Waals surface area contributed by atoms with Gasteiger partial charge in [-0.1, -0.05) is 19.9 Å². The lowest BCUT2D eigenvalue weighted by Gasteiger charge is -2.21. The molecule has 32 heavy (non-hydrogen) atoms. The van der Waals surface area contributed by atoms with Gasteiger partial charge in [-0.15, -0.1) is 13.2 Å². The number of benzene rings is 1. The largest absolute Gasteiger partial charge is 0.573 e. The van der Waals surface area contributed by atoms with E-state index in [2.05, 4.69) is 30.3 Å². The number of pyridine rings is 1. The third-order valence-corrected chi connectivity index (χ3v) is 4.66. The number of nitrogens with one attached hydrogen (secondary N) is 2. The minimum atomic E-state index is -4.76. The molecule has 10 heteroatoms. The molecule has 0 unspecified atom stereocenters. The summed E-state index contributed by atoms with van der Waals surface area (Å²) in [7, 11) is 0. The summed E-state index contributed by atoms with van der Waals surface area (Å²) in [5.74, 6) is 0.527. The molecule has 0 aliphatic rings. The van der Waals surface area contributed by atoms with Crippen molar-refractivity contribution in [3.05, 3.63) is 54.2 Å². The third-order valence-electron chi connectivity index (χ3n) is 4.66. The molecule has 0 bridgehead atoms. The Morgan fingerprint density at radius 2 is 1.84 bits per heavy atom. The molecule has 0 amide bonds. The van der Waals surface area contributed by atoms with E-state index < -0.39 is 6.36 Å². The first-order valence-electron chi connectivity index (χ1n) is 9.96. The minimum Gasteiger partial charge on any atom is -0.406 e. The van der Waals surface area contributed by atoms with E-state index in [9.17, 15) is 18.3 Å². The summed E-state index contributed by atoms with van der Waals surface area (Å²) in [6.07, 6.45) is -3.11. The molecule has 3 rings (SSSR count). The SMILES string of the molecule is Cc1cc(OC(F)(F)F)ccc1Nc1cc(-c2ccccn2)nc(N[C@H](CO)C(C)C)n1. The molecule has 0 radical (unpaired) electrons. The summed E-state index contributed by atoms with van der Waals surface area (Å²) in [5, 5.41) is 15.9. The van der Waals surface area contributed by atoms with Gasteiger partial charge in [-0.3, -0.25) is 4.98 Å². The quantitative estimate of drug-likeness (QED) is 0.451. The lowest BCUT2D eigenvalue weighted by molar-refractivity contribution is -0.274. The van der Waals surface area contributed by atoms with Crippen molar-refractivity contribution in [3.63, 3.8) is 0 Å². The molecule has 170 valence electrons. The number of hydrogen-bond donors (Lipinski definition) is 3. The first-order valence-corrected chi connectivity index (χ1v) is 9.96. The first kappa shape index (κ1) is 23.3. The van der Waals surface area contributed by atoms with Crippen LogP contribution < -0.4 is 15.4 Å². The molecule has 0 aliphatic heterocycles. The second-order valence-electron chi connectivity index (χ2n) is 7.50. The predicted molar refractivity (Wildman–Crippen MR) is 116 cm³/mol. The first-order chi connectivity index (χ1) is 15.1. The Hall–Kier alpha value is -3.40. The Kier molecular flexibility index (Phi) is 7.14. The van der Waals surface area contributed by atoms with Gasteiger partial charge in [0.25, 0.3) is 0 Å². The van der Waals surface area contributed by atoms with Gasteiger partial charge >= 0.3 is 6.36 Å². The Labute approximate surface area is 183 Å². The highest BCUT2D eigenvalue weighted by atomic mass is 19.4. The Bertz CT molecular complexity index is 1050. The van der Waals surface area contributed by atoms with Crippen molar-refractivity contribution in [1.29, 1.82) is 0 Å². The van der Waals surface area contributed by atoms with Gasteiger partial charge in [0.15, 0.2) is 0 Å². The van der Waals surface area contributed by atoms with Crippen LogP contribution in [0.25, 0.3) is 11.4 Å². The summed E-state index contributed by atoms with van der Waals surface area (Å²) in [6, 6.07) is 10.8. The van der Waals surface area contributed by atoms with E-state index in [1.807, 2.05) is 19.9 Å². The molecule has 1 atom stereocenters. The number of rotatable bonds is 8. The highest BCUT2D eigenvalue weighted by Gasteiger charge is 2.31. The number of alkyl halides is 3. The molecule has 1 aromatic carbocycles.